The highest BCUT2D eigenvalue weighted by Gasteiger charge is 2.63. The van der Waals surface area contributed by atoms with Crippen molar-refractivity contribution in [2.45, 2.75) is 83.3 Å². The van der Waals surface area contributed by atoms with E-state index < -0.39 is 23.5 Å². The molecule has 7 atom stereocenters. The molecule has 8 heteroatoms. The highest BCUT2D eigenvalue weighted by atomic mass is 16.6. The summed E-state index contributed by atoms with van der Waals surface area (Å²) >= 11 is 0. The molecule has 0 unspecified atom stereocenters. The number of nitrogens with one attached hydrogen (secondary N) is 2. The SMILES string of the molecule is C#C[C@@]1(O)CC[C@H]2[C@@H]3CCC4=C/C(=N\OCC(=O)N[C@@H](Cc5c[nH]c6ccccc56)C(=O)O)CC[C@]4(C)[C@H]3CC[C@@]21C. The molecule has 0 bridgehead atoms. The van der Waals surface area contributed by atoms with Crippen molar-refractivity contribution in [1.29, 1.82) is 0 Å². The van der Waals surface area contributed by atoms with E-state index in [2.05, 4.69) is 41.3 Å². The summed E-state index contributed by atoms with van der Waals surface area (Å²) < 4.78 is 0. The van der Waals surface area contributed by atoms with Crippen LogP contribution in [0.5, 0.6) is 0 Å². The number of carbonyl (C=O) groups excluding carboxylic acids is 1. The summed E-state index contributed by atoms with van der Waals surface area (Å²) in [5.74, 6) is 2.73. The number of fused-ring (bicyclic) bond motifs is 6. The van der Waals surface area contributed by atoms with Gasteiger partial charge in [0.25, 0.3) is 5.91 Å². The molecule has 1 heterocycles. The number of aromatic nitrogens is 1. The average Bonchev–Trinajstić information content (AvgIpc) is 3.50. The number of terminal acetylenes is 1. The van der Waals surface area contributed by atoms with Gasteiger partial charge in [-0.1, -0.05) is 48.7 Å². The molecule has 222 valence electrons. The highest BCUT2D eigenvalue weighted by Crippen LogP contribution is 2.67. The first-order valence-electron chi connectivity index (χ1n) is 15.3. The number of benzene rings is 1. The molecule has 0 saturated heterocycles. The van der Waals surface area contributed by atoms with Gasteiger partial charge < -0.3 is 25.4 Å². The summed E-state index contributed by atoms with van der Waals surface area (Å²) in [4.78, 5) is 33.0. The van der Waals surface area contributed by atoms with E-state index in [0.29, 0.717) is 24.2 Å². The molecule has 3 fully saturated rings. The van der Waals surface area contributed by atoms with Crippen LogP contribution >= 0.6 is 0 Å². The summed E-state index contributed by atoms with van der Waals surface area (Å²) in [6.07, 6.45) is 17.5. The number of aliphatic carboxylic acids is 1. The predicted molar refractivity (Wildman–Crippen MR) is 160 cm³/mol. The van der Waals surface area contributed by atoms with Gasteiger partial charge in [0.1, 0.15) is 11.6 Å². The maximum Gasteiger partial charge on any atom is 0.326 e. The molecule has 4 N–H and O–H groups in total. The van der Waals surface area contributed by atoms with E-state index in [1.165, 1.54) is 5.57 Å². The smallest absolute Gasteiger partial charge is 0.326 e. The minimum Gasteiger partial charge on any atom is -0.480 e. The summed E-state index contributed by atoms with van der Waals surface area (Å²) in [5.41, 5.74) is 2.88. The van der Waals surface area contributed by atoms with E-state index in [1.54, 1.807) is 6.20 Å². The zero-order valence-corrected chi connectivity index (χ0v) is 24.5. The molecule has 3 saturated carbocycles. The van der Waals surface area contributed by atoms with Crippen molar-refractivity contribution in [3.05, 3.63) is 47.7 Å². The first kappa shape index (κ1) is 28.5. The third-order valence-electron chi connectivity index (χ3n) is 11.5. The number of allylic oxidation sites excluding steroid dienone is 2. The van der Waals surface area contributed by atoms with Crippen LogP contribution in [-0.2, 0) is 20.8 Å². The van der Waals surface area contributed by atoms with Crippen LogP contribution in [0.15, 0.2) is 47.3 Å². The number of hydrogen-bond donors (Lipinski definition) is 4. The van der Waals surface area contributed by atoms with Gasteiger partial charge in [0.2, 0.25) is 0 Å². The van der Waals surface area contributed by atoms with Gasteiger partial charge in [-0.3, -0.25) is 4.79 Å². The quantitative estimate of drug-likeness (QED) is 0.276. The highest BCUT2D eigenvalue weighted by molar-refractivity contribution is 5.96. The van der Waals surface area contributed by atoms with Gasteiger partial charge in [-0.2, -0.15) is 0 Å². The van der Waals surface area contributed by atoms with Crippen LogP contribution < -0.4 is 5.32 Å². The molecule has 1 aromatic carbocycles. The van der Waals surface area contributed by atoms with Crippen LogP contribution in [0.2, 0.25) is 0 Å². The Kier molecular flexibility index (Phi) is 7.21. The largest absolute Gasteiger partial charge is 0.480 e. The molecular formula is C34H41N3O5. The minimum absolute atomic E-state index is 0.0919. The number of carboxylic acid groups (broad SMARTS) is 1. The van der Waals surface area contributed by atoms with Crippen molar-refractivity contribution in [3.8, 4) is 12.3 Å². The Morgan fingerprint density at radius 3 is 2.74 bits per heavy atom. The summed E-state index contributed by atoms with van der Waals surface area (Å²) in [7, 11) is 0. The molecule has 1 amide bonds. The van der Waals surface area contributed by atoms with Crippen LogP contribution in [0.25, 0.3) is 10.9 Å². The van der Waals surface area contributed by atoms with E-state index in [-0.39, 0.29) is 23.9 Å². The molecule has 0 aliphatic heterocycles. The van der Waals surface area contributed by atoms with Crippen molar-refractivity contribution >= 4 is 28.5 Å². The summed E-state index contributed by atoms with van der Waals surface area (Å²) in [5, 5.41) is 28.8. The molecule has 4 aliphatic carbocycles. The number of amides is 1. The van der Waals surface area contributed by atoms with Gasteiger partial charge >= 0.3 is 5.97 Å². The lowest BCUT2D eigenvalue weighted by molar-refractivity contribution is -0.142. The second kappa shape index (κ2) is 10.6. The van der Waals surface area contributed by atoms with E-state index in [9.17, 15) is 19.8 Å². The van der Waals surface area contributed by atoms with Gasteiger partial charge in [-0.15, -0.1) is 6.42 Å². The standard InChI is InChI=1S/C34H41N3O5/c1-4-34(41)16-13-27-25-10-9-22-18-23(11-14-32(22,2)26(25)12-15-33(27,34)3)37-42-20-30(38)36-29(31(39)40)17-21-19-35-28-8-6-5-7-24(21)28/h1,5-8,18-19,25-27,29,35,41H,9-17,20H2,2-3H3,(H,36,38)(H,39,40)/b37-23-/t25-,26+,27+,29+,32+,33+,34-/m1/s1. The second-order valence-electron chi connectivity index (χ2n) is 13.4. The maximum absolute atomic E-state index is 12.6. The van der Waals surface area contributed by atoms with Crippen LogP contribution in [-0.4, -0.2) is 51.0 Å². The first-order valence-corrected chi connectivity index (χ1v) is 15.3. The van der Waals surface area contributed by atoms with Crippen LogP contribution in [0.4, 0.5) is 0 Å². The van der Waals surface area contributed by atoms with Gasteiger partial charge in [0.15, 0.2) is 6.61 Å². The summed E-state index contributed by atoms with van der Waals surface area (Å²) in [6, 6.07) is 6.59. The monoisotopic (exact) mass is 571 g/mol. The fraction of sp³-hybridized carbons (Fsp3) is 0.559. The van der Waals surface area contributed by atoms with E-state index in [0.717, 1.165) is 67.1 Å². The molecule has 1 aromatic heterocycles. The number of carboxylic acids is 1. The molecule has 42 heavy (non-hydrogen) atoms. The molecular weight excluding hydrogens is 530 g/mol. The number of aliphatic hydroxyl groups is 1. The molecule has 4 aliphatic rings. The van der Waals surface area contributed by atoms with Gasteiger partial charge in [0.05, 0.1) is 5.71 Å². The number of carbonyl (C=O) groups is 2. The fourth-order valence-corrected chi connectivity index (χ4v) is 9.03. The Morgan fingerprint density at radius 2 is 1.95 bits per heavy atom. The Balaban J connectivity index is 1.07. The Morgan fingerprint density at radius 1 is 1.17 bits per heavy atom. The number of aromatic amines is 1. The fourth-order valence-electron chi connectivity index (χ4n) is 9.03. The third kappa shape index (κ3) is 4.63. The Hall–Kier alpha value is -3.57. The Bertz CT molecular complexity index is 1500. The van der Waals surface area contributed by atoms with E-state index in [1.807, 2.05) is 24.3 Å². The maximum atomic E-state index is 12.6. The lowest BCUT2D eigenvalue weighted by Crippen LogP contribution is -2.54. The summed E-state index contributed by atoms with van der Waals surface area (Å²) in [6.45, 7) is 4.27. The topological polar surface area (TPSA) is 124 Å². The normalized spacial score (nSPS) is 35.3. The molecule has 0 radical (unpaired) electrons. The zero-order chi connectivity index (χ0) is 29.7. The van der Waals surface area contributed by atoms with Crippen molar-refractivity contribution in [2.24, 2.45) is 33.7 Å². The number of rotatable bonds is 7. The number of H-pyrrole nitrogens is 1. The van der Waals surface area contributed by atoms with E-state index >= 15 is 0 Å². The van der Waals surface area contributed by atoms with Crippen molar-refractivity contribution in [2.75, 3.05) is 6.61 Å². The lowest BCUT2D eigenvalue weighted by Gasteiger charge is -2.58. The van der Waals surface area contributed by atoms with Crippen LogP contribution in [0.3, 0.4) is 0 Å². The minimum atomic E-state index is -1.10. The molecule has 6 rings (SSSR count). The number of hydrogen-bond acceptors (Lipinski definition) is 5. The molecule has 0 spiro atoms. The van der Waals surface area contributed by atoms with Crippen LogP contribution in [0.1, 0.15) is 70.8 Å². The van der Waals surface area contributed by atoms with Crippen LogP contribution in [0, 0.1) is 40.9 Å². The third-order valence-corrected chi connectivity index (χ3v) is 11.5. The number of oxime groups is 1. The van der Waals surface area contributed by atoms with Gasteiger partial charge in [0, 0.05) is 28.9 Å². The second-order valence-corrected chi connectivity index (χ2v) is 13.4. The van der Waals surface area contributed by atoms with Crippen molar-refractivity contribution < 1.29 is 24.6 Å². The predicted octanol–water partition coefficient (Wildman–Crippen LogP) is 4.98. The van der Waals surface area contributed by atoms with Gasteiger partial charge in [-0.05, 0) is 92.2 Å². The zero-order valence-electron chi connectivity index (χ0n) is 24.5. The van der Waals surface area contributed by atoms with E-state index in [4.69, 9.17) is 11.3 Å². The number of nitrogens with zero attached hydrogens (tertiary/aromatic N) is 1. The van der Waals surface area contributed by atoms with Gasteiger partial charge in [-0.25, -0.2) is 4.79 Å². The molecule has 2 aromatic rings. The average molecular weight is 572 g/mol. The van der Waals surface area contributed by atoms with Crippen molar-refractivity contribution in [1.82, 2.24) is 10.3 Å². The first-order chi connectivity index (χ1) is 20.1. The lowest BCUT2D eigenvalue weighted by atomic mass is 9.46. The molecule has 8 nitrogen and oxygen atoms in total. The number of para-hydroxylation sites is 1. The Labute approximate surface area is 247 Å². The van der Waals surface area contributed by atoms with Crippen molar-refractivity contribution in [3.63, 3.8) is 0 Å².